The first-order chi connectivity index (χ1) is 10.0. The summed E-state index contributed by atoms with van der Waals surface area (Å²) in [5.74, 6) is -0.146. The van der Waals surface area contributed by atoms with Crippen molar-refractivity contribution in [2.45, 2.75) is 45.8 Å². The van der Waals surface area contributed by atoms with Crippen molar-refractivity contribution in [3.05, 3.63) is 30.1 Å². The van der Waals surface area contributed by atoms with Gasteiger partial charge in [-0.05, 0) is 46.8 Å². The second-order valence-electron chi connectivity index (χ2n) is 6.91. The number of alkyl carbamates (subject to hydrolysis) is 1. The van der Waals surface area contributed by atoms with Crippen LogP contribution in [0.2, 0.25) is 0 Å². The third-order valence-electron chi connectivity index (χ3n) is 2.73. The summed E-state index contributed by atoms with van der Waals surface area (Å²) in [5.41, 5.74) is -0.662. The van der Waals surface area contributed by atoms with Gasteiger partial charge >= 0.3 is 6.09 Å². The van der Waals surface area contributed by atoms with E-state index in [0.29, 0.717) is 12.1 Å². The van der Waals surface area contributed by atoms with Gasteiger partial charge in [-0.1, -0.05) is 0 Å². The smallest absolute Gasteiger partial charge is 0.408 e. The first-order valence-electron chi connectivity index (χ1n) is 7.17. The Balaban J connectivity index is 2.63. The highest BCUT2D eigenvalue weighted by atomic mass is 16.6. The Hall–Kier alpha value is -2.11. The molecule has 0 aromatic carbocycles. The first-order valence-corrected chi connectivity index (χ1v) is 7.17. The Kier molecular flexibility index (Phi) is 5.52. The highest BCUT2D eigenvalue weighted by Gasteiger charge is 2.27. The maximum absolute atomic E-state index is 12.3. The summed E-state index contributed by atoms with van der Waals surface area (Å²) in [6.07, 6.45) is 2.64. The highest BCUT2D eigenvalue weighted by Crippen LogP contribution is 2.11. The van der Waals surface area contributed by atoms with Crippen molar-refractivity contribution >= 4 is 12.0 Å². The number of hydrogen-bond donors (Lipinski definition) is 1. The summed E-state index contributed by atoms with van der Waals surface area (Å²) in [6.45, 7) is 9.43. The Morgan fingerprint density at radius 3 is 2.41 bits per heavy atom. The molecule has 0 bridgehead atoms. The van der Waals surface area contributed by atoms with E-state index >= 15 is 0 Å². The molecule has 0 spiro atoms. The number of carbonyl (C=O) groups is 2. The fourth-order valence-corrected chi connectivity index (χ4v) is 1.99. The number of likely N-dealkylation sites (N-methyl/N-ethyl adjacent to an activating group) is 1. The maximum Gasteiger partial charge on any atom is 0.408 e. The summed E-state index contributed by atoms with van der Waals surface area (Å²) in [4.78, 5) is 29.6. The molecular formula is C16H25N3O3. The molecule has 22 heavy (non-hydrogen) atoms. The predicted octanol–water partition coefficient (Wildman–Crippen LogP) is 2.46. The zero-order valence-electron chi connectivity index (χ0n) is 14.1. The SMILES string of the molecule is CN(CC(C)(C)NC(=O)OC(C)(C)C)C(=O)c1cccnc1. The van der Waals surface area contributed by atoms with Crippen molar-refractivity contribution in [2.75, 3.05) is 13.6 Å². The molecular weight excluding hydrogens is 282 g/mol. The molecule has 0 saturated heterocycles. The van der Waals surface area contributed by atoms with Gasteiger partial charge in [0.15, 0.2) is 0 Å². The molecule has 6 nitrogen and oxygen atoms in total. The zero-order chi connectivity index (χ0) is 17.0. The lowest BCUT2D eigenvalue weighted by molar-refractivity contribution is 0.0441. The topological polar surface area (TPSA) is 71.5 Å². The fraction of sp³-hybridized carbons (Fsp3) is 0.562. The van der Waals surface area contributed by atoms with Crippen LogP contribution >= 0.6 is 0 Å². The highest BCUT2D eigenvalue weighted by molar-refractivity contribution is 5.93. The van der Waals surface area contributed by atoms with Crippen molar-refractivity contribution < 1.29 is 14.3 Å². The number of hydrogen-bond acceptors (Lipinski definition) is 4. The zero-order valence-corrected chi connectivity index (χ0v) is 14.1. The van der Waals surface area contributed by atoms with Crippen LogP contribution in [0.5, 0.6) is 0 Å². The van der Waals surface area contributed by atoms with E-state index in [1.807, 2.05) is 13.8 Å². The molecule has 122 valence electrons. The monoisotopic (exact) mass is 307 g/mol. The van der Waals surface area contributed by atoms with E-state index in [1.54, 1.807) is 51.0 Å². The van der Waals surface area contributed by atoms with E-state index in [-0.39, 0.29) is 5.91 Å². The van der Waals surface area contributed by atoms with E-state index in [2.05, 4.69) is 10.3 Å². The third-order valence-corrected chi connectivity index (χ3v) is 2.73. The van der Waals surface area contributed by atoms with Crippen molar-refractivity contribution in [3.63, 3.8) is 0 Å². The normalized spacial score (nSPS) is 11.7. The molecule has 1 heterocycles. The van der Waals surface area contributed by atoms with Crippen molar-refractivity contribution in [1.29, 1.82) is 0 Å². The number of aromatic nitrogens is 1. The molecule has 0 radical (unpaired) electrons. The van der Waals surface area contributed by atoms with Gasteiger partial charge in [-0.15, -0.1) is 0 Å². The Morgan fingerprint density at radius 2 is 1.91 bits per heavy atom. The van der Waals surface area contributed by atoms with Crippen LogP contribution in [0.3, 0.4) is 0 Å². The molecule has 1 rings (SSSR count). The quantitative estimate of drug-likeness (QED) is 0.927. The molecule has 1 aromatic heterocycles. The van der Waals surface area contributed by atoms with Crippen LogP contribution in [0.15, 0.2) is 24.5 Å². The minimum absolute atomic E-state index is 0.146. The summed E-state index contributed by atoms with van der Waals surface area (Å²) in [6, 6.07) is 3.42. The number of pyridine rings is 1. The molecule has 6 heteroatoms. The molecule has 0 aliphatic heterocycles. The lowest BCUT2D eigenvalue weighted by Gasteiger charge is -2.32. The van der Waals surface area contributed by atoms with E-state index in [0.717, 1.165) is 0 Å². The van der Waals surface area contributed by atoms with Gasteiger partial charge in [-0.3, -0.25) is 9.78 Å². The van der Waals surface area contributed by atoms with E-state index in [1.165, 1.54) is 6.20 Å². The summed E-state index contributed by atoms with van der Waals surface area (Å²) in [5, 5.41) is 2.78. The lowest BCUT2D eigenvalue weighted by Crippen LogP contribution is -2.52. The van der Waals surface area contributed by atoms with Crippen molar-refractivity contribution in [1.82, 2.24) is 15.2 Å². The molecule has 0 fully saturated rings. The number of nitrogens with one attached hydrogen (secondary N) is 1. The van der Waals surface area contributed by atoms with Crippen molar-refractivity contribution in [2.24, 2.45) is 0 Å². The number of ether oxygens (including phenoxy) is 1. The molecule has 0 aliphatic carbocycles. The second-order valence-corrected chi connectivity index (χ2v) is 6.91. The van der Waals surface area contributed by atoms with Crippen LogP contribution in [0, 0.1) is 0 Å². The van der Waals surface area contributed by atoms with Gasteiger partial charge in [0.2, 0.25) is 0 Å². The average Bonchev–Trinajstić information content (AvgIpc) is 2.35. The summed E-state index contributed by atoms with van der Waals surface area (Å²) < 4.78 is 5.24. The Labute approximate surface area is 131 Å². The number of nitrogens with zero attached hydrogens (tertiary/aromatic N) is 2. The molecule has 0 atom stereocenters. The van der Waals surface area contributed by atoms with Crippen LogP contribution in [-0.4, -0.2) is 46.6 Å². The predicted molar refractivity (Wildman–Crippen MR) is 84.6 cm³/mol. The third kappa shape index (κ3) is 6.11. The maximum atomic E-state index is 12.3. The van der Waals surface area contributed by atoms with E-state index < -0.39 is 17.2 Å². The molecule has 0 saturated carbocycles. The number of carbonyl (C=O) groups excluding carboxylic acids is 2. The van der Waals surface area contributed by atoms with Gasteiger partial charge in [-0.2, -0.15) is 0 Å². The van der Waals surface area contributed by atoms with Gasteiger partial charge in [0.25, 0.3) is 5.91 Å². The average molecular weight is 307 g/mol. The van der Waals surface area contributed by atoms with E-state index in [9.17, 15) is 9.59 Å². The van der Waals surface area contributed by atoms with Crippen LogP contribution in [0.25, 0.3) is 0 Å². The number of amides is 2. The summed E-state index contributed by atoms with van der Waals surface area (Å²) >= 11 is 0. The van der Waals surface area contributed by atoms with Crippen LogP contribution < -0.4 is 5.32 Å². The molecule has 0 unspecified atom stereocenters. The standard InChI is InChI=1S/C16H25N3O3/c1-15(2,3)22-14(21)18-16(4,5)11-19(6)13(20)12-8-7-9-17-10-12/h7-10H,11H2,1-6H3,(H,18,21). The Bertz CT molecular complexity index is 521. The largest absolute Gasteiger partial charge is 0.444 e. The van der Waals surface area contributed by atoms with Crippen LogP contribution in [-0.2, 0) is 4.74 Å². The molecule has 1 aromatic rings. The minimum Gasteiger partial charge on any atom is -0.444 e. The van der Waals surface area contributed by atoms with Gasteiger partial charge in [-0.25, -0.2) is 4.79 Å². The molecule has 0 aliphatic rings. The minimum atomic E-state index is -0.616. The van der Waals surface area contributed by atoms with E-state index in [4.69, 9.17) is 4.74 Å². The first kappa shape index (κ1) is 17.9. The lowest BCUT2D eigenvalue weighted by atomic mass is 10.0. The van der Waals surface area contributed by atoms with Gasteiger partial charge in [0.05, 0.1) is 11.1 Å². The van der Waals surface area contributed by atoms with Gasteiger partial charge in [0, 0.05) is 26.0 Å². The second kappa shape index (κ2) is 6.77. The molecule has 1 N–H and O–H groups in total. The van der Waals surface area contributed by atoms with Crippen molar-refractivity contribution in [3.8, 4) is 0 Å². The fourth-order valence-electron chi connectivity index (χ4n) is 1.99. The summed E-state index contributed by atoms with van der Waals surface area (Å²) in [7, 11) is 1.69. The van der Waals surface area contributed by atoms with Crippen LogP contribution in [0.1, 0.15) is 45.0 Å². The number of rotatable bonds is 4. The van der Waals surface area contributed by atoms with Gasteiger partial charge in [0.1, 0.15) is 5.60 Å². The van der Waals surface area contributed by atoms with Gasteiger partial charge < -0.3 is 15.0 Å². The molecule has 2 amide bonds. The Morgan fingerprint density at radius 1 is 1.27 bits per heavy atom. The van der Waals surface area contributed by atoms with Crippen LogP contribution in [0.4, 0.5) is 4.79 Å².